The summed E-state index contributed by atoms with van der Waals surface area (Å²) in [7, 11) is 0. The Kier molecular flexibility index (Phi) is 2.97. The minimum Gasteiger partial charge on any atom is -0.339 e. The maximum Gasteiger partial charge on any atom is 0.225 e. The Bertz CT molecular complexity index is 430. The summed E-state index contributed by atoms with van der Waals surface area (Å²) in [6.07, 6.45) is 6.05. The van der Waals surface area contributed by atoms with E-state index in [0.29, 0.717) is 11.8 Å². The van der Waals surface area contributed by atoms with E-state index in [1.807, 2.05) is 17.3 Å². The van der Waals surface area contributed by atoms with Crippen LogP contribution in [0.2, 0.25) is 0 Å². The first-order chi connectivity index (χ1) is 8.79. The van der Waals surface area contributed by atoms with Crippen LogP contribution in [0.1, 0.15) is 19.8 Å². The molecule has 2 fully saturated rings. The lowest BCUT2D eigenvalue weighted by Gasteiger charge is -2.35. The second-order valence-electron chi connectivity index (χ2n) is 5.10. The lowest BCUT2D eigenvalue weighted by molar-refractivity contribution is -0.132. The first-order valence-electron chi connectivity index (χ1n) is 6.84. The van der Waals surface area contributed by atoms with Crippen molar-refractivity contribution in [3.05, 3.63) is 12.4 Å². The topological polar surface area (TPSA) is 41.4 Å². The highest BCUT2D eigenvalue weighted by Crippen LogP contribution is 2.31. The SMILES string of the molecule is CCn1ccnc1N1CCN(C(=O)C2CC2)CC1. The lowest BCUT2D eigenvalue weighted by atomic mass is 10.2. The van der Waals surface area contributed by atoms with Crippen LogP contribution in [-0.2, 0) is 11.3 Å². The van der Waals surface area contributed by atoms with Crippen molar-refractivity contribution in [2.45, 2.75) is 26.3 Å². The number of anilines is 1. The van der Waals surface area contributed by atoms with E-state index in [2.05, 4.69) is 21.4 Å². The largest absolute Gasteiger partial charge is 0.339 e. The predicted molar refractivity (Wildman–Crippen MR) is 69.4 cm³/mol. The molecule has 98 valence electrons. The van der Waals surface area contributed by atoms with Gasteiger partial charge in [-0.25, -0.2) is 4.98 Å². The second-order valence-corrected chi connectivity index (χ2v) is 5.10. The van der Waals surface area contributed by atoms with Crippen LogP contribution in [0.3, 0.4) is 0 Å². The third-order valence-electron chi connectivity index (χ3n) is 3.83. The van der Waals surface area contributed by atoms with Gasteiger partial charge < -0.3 is 14.4 Å². The van der Waals surface area contributed by atoms with Crippen molar-refractivity contribution in [1.29, 1.82) is 0 Å². The van der Waals surface area contributed by atoms with E-state index in [-0.39, 0.29) is 0 Å². The summed E-state index contributed by atoms with van der Waals surface area (Å²) < 4.78 is 2.15. The van der Waals surface area contributed by atoms with E-state index in [9.17, 15) is 4.79 Å². The van der Waals surface area contributed by atoms with Crippen molar-refractivity contribution in [2.24, 2.45) is 5.92 Å². The average Bonchev–Trinajstić information content (AvgIpc) is 3.16. The highest BCUT2D eigenvalue weighted by Gasteiger charge is 2.34. The van der Waals surface area contributed by atoms with Crippen molar-refractivity contribution in [3.63, 3.8) is 0 Å². The number of rotatable bonds is 3. The van der Waals surface area contributed by atoms with Crippen molar-refractivity contribution in [2.75, 3.05) is 31.1 Å². The van der Waals surface area contributed by atoms with Crippen molar-refractivity contribution in [3.8, 4) is 0 Å². The fraction of sp³-hybridized carbons (Fsp3) is 0.692. The summed E-state index contributed by atoms with van der Waals surface area (Å²) in [6, 6.07) is 0. The summed E-state index contributed by atoms with van der Waals surface area (Å²) in [4.78, 5) is 20.7. The van der Waals surface area contributed by atoms with Gasteiger partial charge in [-0.05, 0) is 19.8 Å². The molecule has 1 aliphatic heterocycles. The van der Waals surface area contributed by atoms with Crippen LogP contribution in [0.5, 0.6) is 0 Å². The van der Waals surface area contributed by atoms with Gasteiger partial charge in [-0.3, -0.25) is 4.79 Å². The maximum atomic E-state index is 12.0. The summed E-state index contributed by atoms with van der Waals surface area (Å²) in [6.45, 7) is 6.54. The number of nitrogens with zero attached hydrogens (tertiary/aromatic N) is 4. The number of piperazine rings is 1. The number of hydrogen-bond donors (Lipinski definition) is 0. The minimum atomic E-state index is 0.342. The van der Waals surface area contributed by atoms with Gasteiger partial charge >= 0.3 is 0 Å². The van der Waals surface area contributed by atoms with Crippen LogP contribution in [0.4, 0.5) is 5.95 Å². The molecule has 0 N–H and O–H groups in total. The van der Waals surface area contributed by atoms with Gasteiger partial charge in [0.2, 0.25) is 11.9 Å². The van der Waals surface area contributed by atoms with Gasteiger partial charge in [0, 0.05) is 51.0 Å². The van der Waals surface area contributed by atoms with Gasteiger partial charge in [0.15, 0.2) is 0 Å². The second kappa shape index (κ2) is 4.63. The molecular formula is C13H20N4O. The molecule has 3 rings (SSSR count). The third kappa shape index (κ3) is 2.09. The fourth-order valence-corrected chi connectivity index (χ4v) is 2.55. The van der Waals surface area contributed by atoms with Gasteiger partial charge in [0.05, 0.1) is 0 Å². The number of hydrogen-bond acceptors (Lipinski definition) is 3. The standard InChI is InChI=1S/C13H20N4O/c1-2-15-6-5-14-13(15)17-9-7-16(8-10-17)12(18)11-3-4-11/h5-6,11H,2-4,7-10H2,1H3. The number of carbonyl (C=O) groups is 1. The van der Waals surface area contributed by atoms with E-state index in [4.69, 9.17) is 0 Å². The van der Waals surface area contributed by atoms with Crippen LogP contribution in [0, 0.1) is 5.92 Å². The fourth-order valence-electron chi connectivity index (χ4n) is 2.55. The smallest absolute Gasteiger partial charge is 0.225 e. The van der Waals surface area contributed by atoms with E-state index in [0.717, 1.165) is 51.5 Å². The molecular weight excluding hydrogens is 228 g/mol. The number of aryl methyl sites for hydroxylation is 1. The lowest BCUT2D eigenvalue weighted by Crippen LogP contribution is -2.50. The van der Waals surface area contributed by atoms with Gasteiger partial charge in [-0.2, -0.15) is 0 Å². The summed E-state index contributed by atoms with van der Waals surface area (Å²) in [5.74, 6) is 1.75. The Morgan fingerprint density at radius 1 is 1.33 bits per heavy atom. The maximum absolute atomic E-state index is 12.0. The Hall–Kier alpha value is -1.52. The highest BCUT2D eigenvalue weighted by atomic mass is 16.2. The van der Waals surface area contributed by atoms with Gasteiger partial charge in [0.25, 0.3) is 0 Å². The quantitative estimate of drug-likeness (QED) is 0.800. The molecule has 1 aromatic rings. The number of imidazole rings is 1. The Morgan fingerprint density at radius 3 is 2.67 bits per heavy atom. The molecule has 5 nitrogen and oxygen atoms in total. The number of aromatic nitrogens is 2. The number of amides is 1. The van der Waals surface area contributed by atoms with Gasteiger partial charge in [0.1, 0.15) is 0 Å². The third-order valence-corrected chi connectivity index (χ3v) is 3.83. The van der Waals surface area contributed by atoms with Crippen molar-refractivity contribution in [1.82, 2.24) is 14.5 Å². The average molecular weight is 248 g/mol. The molecule has 1 saturated carbocycles. The van der Waals surface area contributed by atoms with Gasteiger partial charge in [-0.15, -0.1) is 0 Å². The van der Waals surface area contributed by atoms with Gasteiger partial charge in [-0.1, -0.05) is 0 Å². The molecule has 1 aliphatic carbocycles. The molecule has 18 heavy (non-hydrogen) atoms. The summed E-state index contributed by atoms with van der Waals surface area (Å²) in [5, 5.41) is 0. The molecule has 1 amide bonds. The molecule has 0 spiro atoms. The Morgan fingerprint density at radius 2 is 2.06 bits per heavy atom. The van der Waals surface area contributed by atoms with Crippen LogP contribution >= 0.6 is 0 Å². The first-order valence-corrected chi connectivity index (χ1v) is 6.84. The molecule has 1 saturated heterocycles. The Labute approximate surface area is 107 Å². The van der Waals surface area contributed by atoms with Crippen LogP contribution in [0.15, 0.2) is 12.4 Å². The van der Waals surface area contributed by atoms with Crippen molar-refractivity contribution < 1.29 is 4.79 Å². The summed E-state index contributed by atoms with van der Waals surface area (Å²) in [5.41, 5.74) is 0. The van der Waals surface area contributed by atoms with Crippen LogP contribution < -0.4 is 4.90 Å². The normalized spacial score (nSPS) is 20.3. The zero-order chi connectivity index (χ0) is 12.5. The highest BCUT2D eigenvalue weighted by molar-refractivity contribution is 5.81. The molecule has 5 heteroatoms. The predicted octanol–water partition coefficient (Wildman–Crippen LogP) is 0.962. The monoisotopic (exact) mass is 248 g/mol. The molecule has 0 aromatic carbocycles. The number of carbonyl (C=O) groups excluding carboxylic acids is 1. The van der Waals surface area contributed by atoms with E-state index in [1.54, 1.807) is 0 Å². The zero-order valence-corrected chi connectivity index (χ0v) is 10.9. The molecule has 0 unspecified atom stereocenters. The zero-order valence-electron chi connectivity index (χ0n) is 10.9. The van der Waals surface area contributed by atoms with Crippen LogP contribution in [0.25, 0.3) is 0 Å². The molecule has 0 atom stereocenters. The van der Waals surface area contributed by atoms with E-state index < -0.39 is 0 Å². The minimum absolute atomic E-state index is 0.342. The van der Waals surface area contributed by atoms with E-state index >= 15 is 0 Å². The molecule has 1 aromatic heterocycles. The first kappa shape index (κ1) is 11.6. The van der Waals surface area contributed by atoms with Crippen molar-refractivity contribution >= 4 is 11.9 Å². The molecule has 0 bridgehead atoms. The van der Waals surface area contributed by atoms with E-state index in [1.165, 1.54) is 0 Å². The molecule has 2 heterocycles. The molecule has 0 radical (unpaired) electrons. The Balaban J connectivity index is 1.61. The summed E-state index contributed by atoms with van der Waals surface area (Å²) >= 11 is 0. The molecule has 2 aliphatic rings. The van der Waals surface area contributed by atoms with Crippen LogP contribution in [-0.4, -0.2) is 46.5 Å².